The van der Waals surface area contributed by atoms with Crippen molar-refractivity contribution in [1.29, 1.82) is 0 Å². The number of hydrogen-bond acceptors (Lipinski definition) is 4. The van der Waals surface area contributed by atoms with Crippen molar-refractivity contribution in [2.75, 3.05) is 0 Å². The van der Waals surface area contributed by atoms with E-state index >= 15 is 0 Å². The van der Waals surface area contributed by atoms with Gasteiger partial charge in [0.05, 0.1) is 6.42 Å². The highest BCUT2D eigenvalue weighted by molar-refractivity contribution is 7.99. The normalized spacial score (nSPS) is 10.9. The van der Waals surface area contributed by atoms with Crippen LogP contribution in [-0.2, 0) is 11.2 Å². The number of carbonyl (C=O) groups is 1. The van der Waals surface area contributed by atoms with E-state index < -0.39 is 5.97 Å². The van der Waals surface area contributed by atoms with Gasteiger partial charge in [-0.25, -0.2) is 9.97 Å². The maximum absolute atomic E-state index is 10.7. The highest BCUT2D eigenvalue weighted by Crippen LogP contribution is 2.26. The summed E-state index contributed by atoms with van der Waals surface area (Å²) in [6.07, 6.45) is 0.0450. The molecular weight excluding hydrogens is 284 g/mol. The summed E-state index contributed by atoms with van der Waals surface area (Å²) in [5.41, 5.74) is 2.78. The third-order valence-electron chi connectivity index (χ3n) is 2.93. The Balaban J connectivity index is 2.16. The van der Waals surface area contributed by atoms with Crippen LogP contribution >= 0.6 is 11.8 Å². The van der Waals surface area contributed by atoms with E-state index in [1.165, 1.54) is 11.8 Å². The molecule has 0 bridgehead atoms. The van der Waals surface area contributed by atoms with Gasteiger partial charge in [-0.3, -0.25) is 4.79 Å². The predicted molar refractivity (Wildman–Crippen MR) is 82.8 cm³/mol. The van der Waals surface area contributed by atoms with Crippen LogP contribution in [0.5, 0.6) is 0 Å². The van der Waals surface area contributed by atoms with E-state index in [2.05, 4.69) is 23.8 Å². The lowest BCUT2D eigenvalue weighted by Gasteiger charge is -2.08. The Kier molecular flexibility index (Phi) is 4.96. The summed E-state index contributed by atoms with van der Waals surface area (Å²) in [7, 11) is 0. The molecular formula is C16H18N2O2S. The minimum atomic E-state index is -0.820. The van der Waals surface area contributed by atoms with Crippen molar-refractivity contribution in [3.63, 3.8) is 0 Å². The Morgan fingerprint density at radius 3 is 2.48 bits per heavy atom. The molecule has 4 nitrogen and oxygen atoms in total. The molecule has 2 aromatic rings. The monoisotopic (exact) mass is 302 g/mol. The van der Waals surface area contributed by atoms with Crippen molar-refractivity contribution in [3.05, 3.63) is 47.3 Å². The molecule has 2 rings (SSSR count). The fourth-order valence-corrected chi connectivity index (χ4v) is 2.69. The van der Waals surface area contributed by atoms with Crippen molar-refractivity contribution in [1.82, 2.24) is 9.97 Å². The lowest BCUT2D eigenvalue weighted by atomic mass is 10.1. The molecule has 0 saturated heterocycles. The summed E-state index contributed by atoms with van der Waals surface area (Å²) < 4.78 is 0. The van der Waals surface area contributed by atoms with Gasteiger partial charge in [0.15, 0.2) is 5.16 Å². The second kappa shape index (κ2) is 6.72. The molecule has 0 fully saturated rings. The molecule has 0 aliphatic rings. The van der Waals surface area contributed by atoms with Crippen LogP contribution in [-0.4, -0.2) is 21.0 Å². The second-order valence-electron chi connectivity index (χ2n) is 5.19. The Labute approximate surface area is 128 Å². The Bertz CT molecular complexity index is 639. The summed E-state index contributed by atoms with van der Waals surface area (Å²) in [5, 5.41) is 9.49. The molecule has 0 saturated carbocycles. The average Bonchev–Trinajstić information content (AvgIpc) is 2.39. The highest BCUT2D eigenvalue weighted by atomic mass is 32.2. The SMILES string of the molecule is Cc1cc(C(C)C)nc(Sc2ccc(CC(=O)O)cc2)n1. The minimum absolute atomic E-state index is 0.0450. The Morgan fingerprint density at radius 1 is 1.24 bits per heavy atom. The third kappa shape index (κ3) is 4.56. The van der Waals surface area contributed by atoms with Gasteiger partial charge in [0.25, 0.3) is 0 Å². The maximum atomic E-state index is 10.7. The molecule has 1 aromatic heterocycles. The number of carboxylic acids is 1. The zero-order chi connectivity index (χ0) is 15.4. The third-order valence-corrected chi connectivity index (χ3v) is 3.81. The fraction of sp³-hybridized carbons (Fsp3) is 0.312. The minimum Gasteiger partial charge on any atom is -0.481 e. The van der Waals surface area contributed by atoms with Crippen molar-refractivity contribution >= 4 is 17.7 Å². The lowest BCUT2D eigenvalue weighted by Crippen LogP contribution is -2.00. The van der Waals surface area contributed by atoms with E-state index in [1.807, 2.05) is 37.3 Å². The summed E-state index contributed by atoms with van der Waals surface area (Å²) in [5.74, 6) is -0.456. The van der Waals surface area contributed by atoms with Crippen LogP contribution in [0, 0.1) is 6.92 Å². The highest BCUT2D eigenvalue weighted by Gasteiger charge is 2.08. The van der Waals surface area contributed by atoms with E-state index in [0.717, 1.165) is 27.0 Å². The number of carboxylic acid groups (broad SMARTS) is 1. The quantitative estimate of drug-likeness (QED) is 0.853. The smallest absolute Gasteiger partial charge is 0.307 e. The van der Waals surface area contributed by atoms with Crippen LogP contribution in [0.3, 0.4) is 0 Å². The molecule has 21 heavy (non-hydrogen) atoms. The standard InChI is InChI=1S/C16H18N2O2S/c1-10(2)14-8-11(3)17-16(18-14)21-13-6-4-12(5-7-13)9-15(19)20/h4-8,10H,9H2,1-3H3,(H,19,20). The van der Waals surface area contributed by atoms with Gasteiger partial charge in [-0.15, -0.1) is 0 Å². The van der Waals surface area contributed by atoms with Crippen molar-refractivity contribution < 1.29 is 9.90 Å². The molecule has 0 atom stereocenters. The number of aliphatic carboxylic acids is 1. The Morgan fingerprint density at radius 2 is 1.90 bits per heavy atom. The van der Waals surface area contributed by atoms with Gasteiger partial charge in [0.1, 0.15) is 0 Å². The molecule has 5 heteroatoms. The lowest BCUT2D eigenvalue weighted by molar-refractivity contribution is -0.136. The van der Waals surface area contributed by atoms with Crippen molar-refractivity contribution in [2.45, 2.75) is 43.2 Å². The zero-order valence-electron chi connectivity index (χ0n) is 12.3. The van der Waals surface area contributed by atoms with Crippen molar-refractivity contribution in [3.8, 4) is 0 Å². The van der Waals surface area contributed by atoms with Crippen LogP contribution in [0.2, 0.25) is 0 Å². The van der Waals surface area contributed by atoms with E-state index in [0.29, 0.717) is 5.92 Å². The fourth-order valence-electron chi connectivity index (χ4n) is 1.86. The molecule has 1 heterocycles. The molecule has 0 amide bonds. The van der Waals surface area contributed by atoms with Gasteiger partial charge in [0.2, 0.25) is 0 Å². The van der Waals surface area contributed by atoms with Crippen LogP contribution in [0.4, 0.5) is 0 Å². The number of rotatable bonds is 5. The zero-order valence-corrected chi connectivity index (χ0v) is 13.1. The molecule has 0 radical (unpaired) electrons. The number of aromatic nitrogens is 2. The summed E-state index contributed by atoms with van der Waals surface area (Å²) in [6, 6.07) is 9.48. The van der Waals surface area contributed by atoms with Crippen LogP contribution in [0.1, 0.15) is 36.7 Å². The molecule has 0 spiro atoms. The van der Waals surface area contributed by atoms with Gasteiger partial charge in [-0.1, -0.05) is 26.0 Å². The van der Waals surface area contributed by atoms with Crippen LogP contribution in [0.25, 0.3) is 0 Å². The first-order valence-corrected chi connectivity index (χ1v) is 7.60. The van der Waals surface area contributed by atoms with Crippen molar-refractivity contribution in [2.24, 2.45) is 0 Å². The number of hydrogen-bond donors (Lipinski definition) is 1. The second-order valence-corrected chi connectivity index (χ2v) is 6.23. The van der Waals surface area contributed by atoms with Gasteiger partial charge >= 0.3 is 5.97 Å². The van der Waals surface area contributed by atoms with E-state index in [-0.39, 0.29) is 6.42 Å². The largest absolute Gasteiger partial charge is 0.481 e. The van der Waals surface area contributed by atoms with Gasteiger partial charge in [0, 0.05) is 16.3 Å². The molecule has 0 aliphatic heterocycles. The topological polar surface area (TPSA) is 63.1 Å². The van der Waals surface area contributed by atoms with Crippen LogP contribution < -0.4 is 0 Å². The van der Waals surface area contributed by atoms with Gasteiger partial charge < -0.3 is 5.11 Å². The predicted octanol–water partition coefficient (Wildman–Crippen LogP) is 3.69. The van der Waals surface area contributed by atoms with Gasteiger partial charge in [-0.2, -0.15) is 0 Å². The van der Waals surface area contributed by atoms with Crippen LogP contribution in [0.15, 0.2) is 40.4 Å². The maximum Gasteiger partial charge on any atom is 0.307 e. The molecule has 1 N–H and O–H groups in total. The number of nitrogens with zero attached hydrogens (tertiary/aromatic N) is 2. The number of benzene rings is 1. The first-order valence-electron chi connectivity index (χ1n) is 6.78. The Hall–Kier alpha value is -1.88. The molecule has 0 aliphatic carbocycles. The summed E-state index contributed by atoms with van der Waals surface area (Å²) in [4.78, 5) is 20.7. The first-order chi connectivity index (χ1) is 9.94. The summed E-state index contributed by atoms with van der Waals surface area (Å²) >= 11 is 1.49. The number of aryl methyl sites for hydroxylation is 1. The first kappa shape index (κ1) is 15.5. The molecule has 1 aromatic carbocycles. The van der Waals surface area contributed by atoms with E-state index in [1.54, 1.807) is 0 Å². The average molecular weight is 302 g/mol. The van der Waals surface area contributed by atoms with Gasteiger partial charge in [-0.05, 0) is 48.4 Å². The molecule has 110 valence electrons. The summed E-state index contributed by atoms with van der Waals surface area (Å²) in [6.45, 7) is 6.18. The van der Waals surface area contributed by atoms with E-state index in [4.69, 9.17) is 5.11 Å². The molecule has 0 unspecified atom stereocenters. The van der Waals surface area contributed by atoms with E-state index in [9.17, 15) is 4.79 Å².